The van der Waals surface area contributed by atoms with Gasteiger partial charge in [-0.05, 0) is 32.6 Å². The summed E-state index contributed by atoms with van der Waals surface area (Å²) in [7, 11) is 0. The summed E-state index contributed by atoms with van der Waals surface area (Å²) < 4.78 is 0. The van der Waals surface area contributed by atoms with E-state index in [-0.39, 0.29) is 11.6 Å². The molecule has 2 amide bonds. The van der Waals surface area contributed by atoms with Crippen LogP contribution in [0.4, 0.5) is 4.79 Å². The molecule has 1 heterocycles. The average molecular weight is 240 g/mol. The van der Waals surface area contributed by atoms with Gasteiger partial charge in [-0.1, -0.05) is 12.8 Å². The molecule has 0 aromatic heterocycles. The first kappa shape index (κ1) is 12.2. The number of carbonyl (C=O) groups excluding carboxylic acids is 1. The van der Waals surface area contributed by atoms with Crippen LogP contribution in [0, 0.1) is 0 Å². The molecule has 0 radical (unpaired) electrons. The van der Waals surface area contributed by atoms with Crippen LogP contribution >= 0.6 is 0 Å². The number of hydrogen-bond acceptors (Lipinski definition) is 2. The van der Waals surface area contributed by atoms with E-state index in [0.717, 1.165) is 32.1 Å². The monoisotopic (exact) mass is 240 g/mol. The highest BCUT2D eigenvalue weighted by Crippen LogP contribution is 2.29. The minimum Gasteiger partial charge on any atom is -0.480 e. The van der Waals surface area contributed by atoms with Crippen LogP contribution < -0.4 is 5.32 Å². The molecule has 0 aromatic rings. The Balaban J connectivity index is 1.97. The van der Waals surface area contributed by atoms with E-state index in [1.165, 1.54) is 4.90 Å². The maximum atomic E-state index is 12.1. The van der Waals surface area contributed by atoms with Crippen molar-refractivity contribution in [1.82, 2.24) is 10.2 Å². The van der Waals surface area contributed by atoms with Gasteiger partial charge in [0.1, 0.15) is 6.04 Å². The van der Waals surface area contributed by atoms with Crippen LogP contribution in [0.25, 0.3) is 0 Å². The van der Waals surface area contributed by atoms with Crippen molar-refractivity contribution < 1.29 is 14.7 Å². The Morgan fingerprint density at radius 2 is 1.94 bits per heavy atom. The van der Waals surface area contributed by atoms with Crippen LogP contribution in [0.1, 0.15) is 45.4 Å². The number of nitrogens with zero attached hydrogens (tertiary/aromatic N) is 1. The third-order valence-electron chi connectivity index (χ3n) is 3.91. The number of carbonyl (C=O) groups is 2. The molecule has 0 spiro atoms. The Kier molecular flexibility index (Phi) is 3.26. The predicted molar refractivity (Wildman–Crippen MR) is 62.8 cm³/mol. The fraction of sp³-hybridized carbons (Fsp3) is 0.833. The molecule has 2 aliphatic rings. The summed E-state index contributed by atoms with van der Waals surface area (Å²) in [4.78, 5) is 24.5. The van der Waals surface area contributed by atoms with E-state index in [1.54, 1.807) is 0 Å². The number of rotatable bonds is 2. The number of hydrogen-bond donors (Lipinski definition) is 2. The van der Waals surface area contributed by atoms with E-state index in [4.69, 9.17) is 5.11 Å². The van der Waals surface area contributed by atoms with Crippen LogP contribution in [-0.4, -0.2) is 40.1 Å². The van der Waals surface area contributed by atoms with Gasteiger partial charge in [0.2, 0.25) is 0 Å². The molecule has 5 nitrogen and oxygen atoms in total. The normalized spacial score (nSPS) is 27.1. The summed E-state index contributed by atoms with van der Waals surface area (Å²) in [5.41, 5.74) is -0.136. The summed E-state index contributed by atoms with van der Waals surface area (Å²) in [6, 6.07) is -0.848. The summed E-state index contributed by atoms with van der Waals surface area (Å²) in [6.45, 7) is 2.60. The van der Waals surface area contributed by atoms with Crippen molar-refractivity contribution in [2.45, 2.75) is 57.0 Å². The number of amides is 2. The van der Waals surface area contributed by atoms with E-state index >= 15 is 0 Å². The van der Waals surface area contributed by atoms with E-state index in [0.29, 0.717) is 13.0 Å². The van der Waals surface area contributed by atoms with Gasteiger partial charge < -0.3 is 15.3 Å². The number of carboxylic acid groups (broad SMARTS) is 1. The molecule has 1 aliphatic heterocycles. The molecule has 2 rings (SSSR count). The van der Waals surface area contributed by atoms with Gasteiger partial charge in [-0.3, -0.25) is 0 Å². The minimum atomic E-state index is -0.894. The fourth-order valence-electron chi connectivity index (χ4n) is 2.88. The predicted octanol–water partition coefficient (Wildman–Crippen LogP) is 1.58. The first-order valence-electron chi connectivity index (χ1n) is 6.33. The van der Waals surface area contributed by atoms with Gasteiger partial charge in [-0.25, -0.2) is 9.59 Å². The van der Waals surface area contributed by atoms with Crippen LogP contribution in [0.5, 0.6) is 0 Å². The lowest BCUT2D eigenvalue weighted by atomic mass is 10.0. The minimum absolute atomic E-state index is 0.136. The second-order valence-electron chi connectivity index (χ2n) is 5.39. The molecule has 1 atom stereocenters. The number of likely N-dealkylation sites (tertiary alicyclic amines) is 1. The smallest absolute Gasteiger partial charge is 0.326 e. The number of aliphatic carboxylic acids is 1. The quantitative estimate of drug-likeness (QED) is 0.770. The lowest BCUT2D eigenvalue weighted by Gasteiger charge is -2.30. The molecule has 0 bridgehead atoms. The van der Waals surface area contributed by atoms with E-state index < -0.39 is 12.0 Å². The molecule has 96 valence electrons. The summed E-state index contributed by atoms with van der Waals surface area (Å²) in [6.07, 6.45) is 5.60. The van der Waals surface area contributed by atoms with Crippen LogP contribution in [-0.2, 0) is 4.79 Å². The van der Waals surface area contributed by atoms with Gasteiger partial charge in [0.15, 0.2) is 0 Å². The zero-order valence-electron chi connectivity index (χ0n) is 10.2. The SMILES string of the molecule is CC1(NC(=O)N2CCC[C@@H]2C(=O)O)CCCC1. The lowest BCUT2D eigenvalue weighted by Crippen LogP contribution is -2.53. The van der Waals surface area contributed by atoms with Gasteiger partial charge in [-0.2, -0.15) is 0 Å². The molecule has 2 fully saturated rings. The van der Waals surface area contributed by atoms with E-state index in [2.05, 4.69) is 5.32 Å². The van der Waals surface area contributed by atoms with Crippen molar-refractivity contribution in [3.63, 3.8) is 0 Å². The zero-order valence-corrected chi connectivity index (χ0v) is 10.2. The maximum absolute atomic E-state index is 12.1. The summed E-state index contributed by atoms with van der Waals surface area (Å²) >= 11 is 0. The molecule has 5 heteroatoms. The van der Waals surface area contributed by atoms with Gasteiger partial charge in [0.05, 0.1) is 0 Å². The van der Waals surface area contributed by atoms with Crippen molar-refractivity contribution in [2.75, 3.05) is 6.54 Å². The first-order chi connectivity index (χ1) is 8.02. The summed E-state index contributed by atoms with van der Waals surface area (Å²) in [5.74, 6) is -0.894. The summed E-state index contributed by atoms with van der Waals surface area (Å²) in [5, 5.41) is 12.0. The topological polar surface area (TPSA) is 69.6 Å². The Morgan fingerprint density at radius 1 is 1.29 bits per heavy atom. The van der Waals surface area contributed by atoms with Gasteiger partial charge >= 0.3 is 12.0 Å². The van der Waals surface area contributed by atoms with Gasteiger partial charge in [0.25, 0.3) is 0 Å². The molecule has 0 unspecified atom stereocenters. The van der Waals surface area contributed by atoms with E-state index in [1.807, 2.05) is 6.92 Å². The van der Waals surface area contributed by atoms with Crippen molar-refractivity contribution in [1.29, 1.82) is 0 Å². The molecule has 2 N–H and O–H groups in total. The zero-order chi connectivity index (χ0) is 12.5. The Morgan fingerprint density at radius 3 is 2.53 bits per heavy atom. The van der Waals surface area contributed by atoms with Crippen LogP contribution in [0.15, 0.2) is 0 Å². The Bertz CT molecular complexity index is 324. The number of nitrogens with one attached hydrogen (secondary N) is 1. The van der Waals surface area contributed by atoms with E-state index in [9.17, 15) is 9.59 Å². The highest BCUT2D eigenvalue weighted by molar-refractivity contribution is 5.83. The highest BCUT2D eigenvalue weighted by atomic mass is 16.4. The molecule has 17 heavy (non-hydrogen) atoms. The maximum Gasteiger partial charge on any atom is 0.326 e. The first-order valence-corrected chi connectivity index (χ1v) is 6.33. The van der Waals surface area contributed by atoms with Crippen molar-refractivity contribution in [2.24, 2.45) is 0 Å². The van der Waals surface area contributed by atoms with Crippen LogP contribution in [0.3, 0.4) is 0 Å². The largest absolute Gasteiger partial charge is 0.480 e. The molecule has 1 saturated heterocycles. The molecular formula is C12H20N2O3. The second-order valence-corrected chi connectivity index (χ2v) is 5.39. The molecule has 1 saturated carbocycles. The molecular weight excluding hydrogens is 220 g/mol. The highest BCUT2D eigenvalue weighted by Gasteiger charge is 2.37. The van der Waals surface area contributed by atoms with Crippen LogP contribution in [0.2, 0.25) is 0 Å². The Labute approximate surface area is 101 Å². The third-order valence-corrected chi connectivity index (χ3v) is 3.91. The number of carboxylic acids is 1. The average Bonchev–Trinajstić information content (AvgIpc) is 2.85. The molecule has 0 aromatic carbocycles. The number of urea groups is 1. The lowest BCUT2D eigenvalue weighted by molar-refractivity contribution is -0.141. The second kappa shape index (κ2) is 4.55. The molecule has 1 aliphatic carbocycles. The third kappa shape index (κ3) is 2.53. The Hall–Kier alpha value is -1.26. The fourth-order valence-corrected chi connectivity index (χ4v) is 2.88. The van der Waals surface area contributed by atoms with Crippen molar-refractivity contribution >= 4 is 12.0 Å². The standard InChI is InChI=1S/C12H20N2O3/c1-12(6-2-3-7-12)13-11(17)14-8-4-5-9(14)10(15)16/h9H,2-8H2,1H3,(H,13,17)(H,15,16)/t9-/m1/s1. The van der Waals surface area contributed by atoms with Gasteiger partial charge in [-0.15, -0.1) is 0 Å². The van der Waals surface area contributed by atoms with Crippen molar-refractivity contribution in [3.8, 4) is 0 Å². The van der Waals surface area contributed by atoms with Crippen molar-refractivity contribution in [3.05, 3.63) is 0 Å². The van der Waals surface area contributed by atoms with Gasteiger partial charge in [0, 0.05) is 12.1 Å².